The van der Waals surface area contributed by atoms with Crippen LogP contribution in [-0.2, 0) is 11.3 Å². The standard InChI is InChI=1S/C21H26N4O2/c1-17-5-7-18(8-6-17)21(27)23-11-9-20(26)25-14-12-24(13-15-25)16-19-4-2-3-10-22-19/h2-8,10H,9,11-16H2,1H3,(H,23,27). The highest BCUT2D eigenvalue weighted by atomic mass is 16.2. The molecule has 1 saturated heterocycles. The molecule has 1 aromatic heterocycles. The predicted octanol–water partition coefficient (Wildman–Crippen LogP) is 1.85. The minimum absolute atomic E-state index is 0.0942. The summed E-state index contributed by atoms with van der Waals surface area (Å²) >= 11 is 0. The van der Waals surface area contributed by atoms with Crippen LogP contribution in [0.1, 0.15) is 28.0 Å². The monoisotopic (exact) mass is 366 g/mol. The molecular formula is C21H26N4O2. The molecule has 1 aliphatic heterocycles. The Hall–Kier alpha value is -2.73. The lowest BCUT2D eigenvalue weighted by Gasteiger charge is -2.34. The molecule has 0 unspecified atom stereocenters. The Labute approximate surface area is 160 Å². The molecule has 1 aromatic carbocycles. The third kappa shape index (κ3) is 5.62. The SMILES string of the molecule is Cc1ccc(C(=O)NCCC(=O)N2CCN(Cc3ccccn3)CC2)cc1. The van der Waals surface area contributed by atoms with Crippen LogP contribution >= 0.6 is 0 Å². The molecule has 0 radical (unpaired) electrons. The van der Waals surface area contributed by atoms with Gasteiger partial charge in [0, 0.05) is 57.4 Å². The van der Waals surface area contributed by atoms with Crippen molar-refractivity contribution < 1.29 is 9.59 Å². The molecule has 2 aromatic rings. The van der Waals surface area contributed by atoms with E-state index in [2.05, 4.69) is 15.2 Å². The molecule has 3 rings (SSSR count). The molecule has 0 bridgehead atoms. The second-order valence-corrected chi connectivity index (χ2v) is 6.85. The molecule has 0 saturated carbocycles. The van der Waals surface area contributed by atoms with E-state index in [-0.39, 0.29) is 11.8 Å². The van der Waals surface area contributed by atoms with Crippen molar-refractivity contribution in [3.63, 3.8) is 0 Å². The van der Waals surface area contributed by atoms with Crippen molar-refractivity contribution in [1.82, 2.24) is 20.1 Å². The maximum atomic E-state index is 12.4. The van der Waals surface area contributed by atoms with Gasteiger partial charge < -0.3 is 10.2 Å². The Morgan fingerprint density at radius 1 is 1.04 bits per heavy atom. The topological polar surface area (TPSA) is 65.5 Å². The summed E-state index contributed by atoms with van der Waals surface area (Å²) in [7, 11) is 0. The van der Waals surface area contributed by atoms with Gasteiger partial charge in [0.05, 0.1) is 5.69 Å². The van der Waals surface area contributed by atoms with Crippen LogP contribution in [0.3, 0.4) is 0 Å². The zero-order valence-corrected chi connectivity index (χ0v) is 15.7. The first-order valence-electron chi connectivity index (χ1n) is 9.37. The van der Waals surface area contributed by atoms with E-state index < -0.39 is 0 Å². The number of carbonyl (C=O) groups is 2. The number of benzene rings is 1. The number of rotatable bonds is 6. The first kappa shape index (κ1) is 19.0. The number of carbonyl (C=O) groups excluding carboxylic acids is 2. The van der Waals surface area contributed by atoms with Gasteiger partial charge in [-0.05, 0) is 31.2 Å². The highest BCUT2D eigenvalue weighted by Crippen LogP contribution is 2.08. The van der Waals surface area contributed by atoms with Crippen molar-refractivity contribution >= 4 is 11.8 Å². The summed E-state index contributed by atoms with van der Waals surface area (Å²) in [5.74, 6) is -0.0420. The number of hydrogen-bond acceptors (Lipinski definition) is 4. The second-order valence-electron chi connectivity index (χ2n) is 6.85. The van der Waals surface area contributed by atoms with Crippen molar-refractivity contribution in [3.8, 4) is 0 Å². The fraction of sp³-hybridized carbons (Fsp3) is 0.381. The normalized spacial score (nSPS) is 14.8. The molecule has 0 aliphatic carbocycles. The van der Waals surface area contributed by atoms with Crippen LogP contribution < -0.4 is 5.32 Å². The first-order valence-corrected chi connectivity index (χ1v) is 9.37. The van der Waals surface area contributed by atoms with Crippen LogP contribution in [-0.4, -0.2) is 59.3 Å². The van der Waals surface area contributed by atoms with Gasteiger partial charge in [0.25, 0.3) is 5.91 Å². The van der Waals surface area contributed by atoms with Crippen molar-refractivity contribution in [3.05, 3.63) is 65.5 Å². The molecule has 2 heterocycles. The molecule has 1 fully saturated rings. The number of nitrogens with one attached hydrogen (secondary N) is 1. The molecule has 1 aliphatic rings. The number of hydrogen-bond donors (Lipinski definition) is 1. The summed E-state index contributed by atoms with van der Waals surface area (Å²) < 4.78 is 0. The molecule has 27 heavy (non-hydrogen) atoms. The number of aryl methyl sites for hydroxylation is 1. The number of pyridine rings is 1. The molecule has 142 valence electrons. The Balaban J connectivity index is 1.37. The Morgan fingerprint density at radius 3 is 2.44 bits per heavy atom. The number of nitrogens with zero attached hydrogens (tertiary/aromatic N) is 3. The maximum Gasteiger partial charge on any atom is 0.251 e. The molecule has 0 atom stereocenters. The van der Waals surface area contributed by atoms with Crippen molar-refractivity contribution in [2.45, 2.75) is 19.9 Å². The number of aromatic nitrogens is 1. The van der Waals surface area contributed by atoms with E-state index in [0.29, 0.717) is 18.5 Å². The van der Waals surface area contributed by atoms with Crippen molar-refractivity contribution in [2.75, 3.05) is 32.7 Å². The van der Waals surface area contributed by atoms with Gasteiger partial charge >= 0.3 is 0 Å². The lowest BCUT2D eigenvalue weighted by molar-refractivity contribution is -0.132. The summed E-state index contributed by atoms with van der Waals surface area (Å²) in [6, 6.07) is 13.3. The number of amides is 2. The zero-order chi connectivity index (χ0) is 19.1. The zero-order valence-electron chi connectivity index (χ0n) is 15.7. The largest absolute Gasteiger partial charge is 0.352 e. The number of piperazine rings is 1. The van der Waals surface area contributed by atoms with Gasteiger partial charge in [-0.2, -0.15) is 0 Å². The van der Waals surface area contributed by atoms with Crippen LogP contribution in [0.2, 0.25) is 0 Å². The molecule has 1 N–H and O–H groups in total. The van der Waals surface area contributed by atoms with Gasteiger partial charge in [0.2, 0.25) is 5.91 Å². The average molecular weight is 366 g/mol. The van der Waals surface area contributed by atoms with Crippen LogP contribution in [0, 0.1) is 6.92 Å². The summed E-state index contributed by atoms with van der Waals surface area (Å²) in [5, 5.41) is 2.82. The lowest BCUT2D eigenvalue weighted by Crippen LogP contribution is -2.48. The maximum absolute atomic E-state index is 12.4. The van der Waals surface area contributed by atoms with Gasteiger partial charge in [-0.1, -0.05) is 23.8 Å². The second kappa shape index (κ2) is 9.28. The summed E-state index contributed by atoms with van der Waals surface area (Å²) in [5.41, 5.74) is 2.79. The van der Waals surface area contributed by atoms with E-state index >= 15 is 0 Å². The predicted molar refractivity (Wildman–Crippen MR) is 104 cm³/mol. The Morgan fingerprint density at radius 2 is 1.78 bits per heavy atom. The smallest absolute Gasteiger partial charge is 0.251 e. The Kier molecular flexibility index (Phi) is 6.54. The molecule has 6 heteroatoms. The summed E-state index contributed by atoms with van der Waals surface area (Å²) in [6.07, 6.45) is 2.14. The van der Waals surface area contributed by atoms with Crippen LogP contribution in [0.15, 0.2) is 48.7 Å². The van der Waals surface area contributed by atoms with Crippen molar-refractivity contribution in [1.29, 1.82) is 0 Å². The third-order valence-electron chi connectivity index (χ3n) is 4.77. The first-order chi connectivity index (χ1) is 13.1. The Bertz CT molecular complexity index is 754. The van der Waals surface area contributed by atoms with E-state index in [9.17, 15) is 9.59 Å². The van der Waals surface area contributed by atoms with Crippen molar-refractivity contribution in [2.24, 2.45) is 0 Å². The summed E-state index contributed by atoms with van der Waals surface area (Å²) in [4.78, 5) is 33.0. The van der Waals surface area contributed by atoms with Crippen LogP contribution in [0.5, 0.6) is 0 Å². The summed E-state index contributed by atoms with van der Waals surface area (Å²) in [6.45, 7) is 6.29. The van der Waals surface area contributed by atoms with E-state index in [1.54, 1.807) is 18.3 Å². The molecule has 0 spiro atoms. The van der Waals surface area contributed by atoms with Gasteiger partial charge in [0.1, 0.15) is 0 Å². The molecule has 6 nitrogen and oxygen atoms in total. The van der Waals surface area contributed by atoms with E-state index in [0.717, 1.165) is 44.0 Å². The lowest BCUT2D eigenvalue weighted by atomic mass is 10.1. The fourth-order valence-corrected chi connectivity index (χ4v) is 3.12. The van der Waals surface area contributed by atoms with E-state index in [4.69, 9.17) is 0 Å². The van der Waals surface area contributed by atoms with Gasteiger partial charge in [-0.25, -0.2) is 0 Å². The minimum Gasteiger partial charge on any atom is -0.352 e. The molecular weight excluding hydrogens is 340 g/mol. The van der Waals surface area contributed by atoms with E-state index in [1.807, 2.05) is 42.2 Å². The van der Waals surface area contributed by atoms with Gasteiger partial charge in [0.15, 0.2) is 0 Å². The minimum atomic E-state index is -0.136. The van der Waals surface area contributed by atoms with E-state index in [1.165, 1.54) is 0 Å². The van der Waals surface area contributed by atoms with Gasteiger partial charge in [-0.3, -0.25) is 19.5 Å². The third-order valence-corrected chi connectivity index (χ3v) is 4.77. The highest BCUT2D eigenvalue weighted by Gasteiger charge is 2.21. The van der Waals surface area contributed by atoms with Crippen LogP contribution in [0.25, 0.3) is 0 Å². The fourth-order valence-electron chi connectivity index (χ4n) is 3.12. The average Bonchev–Trinajstić information content (AvgIpc) is 2.69. The van der Waals surface area contributed by atoms with Gasteiger partial charge in [-0.15, -0.1) is 0 Å². The van der Waals surface area contributed by atoms with Crippen LogP contribution in [0.4, 0.5) is 0 Å². The quantitative estimate of drug-likeness (QED) is 0.847. The molecule has 2 amide bonds. The highest BCUT2D eigenvalue weighted by molar-refractivity contribution is 5.94.